The highest BCUT2D eigenvalue weighted by molar-refractivity contribution is 7.86. The van der Waals surface area contributed by atoms with Crippen molar-refractivity contribution >= 4 is 16.4 Å². The lowest BCUT2D eigenvalue weighted by Gasteiger charge is -2.21. The van der Waals surface area contributed by atoms with Gasteiger partial charge in [-0.1, -0.05) is 6.08 Å². The van der Waals surface area contributed by atoms with E-state index in [9.17, 15) is 17.4 Å². The molecule has 3 heterocycles. The molecule has 2 bridgehead atoms. The molecule has 3 atom stereocenters. The average molecular weight is 317 g/mol. The highest BCUT2D eigenvalue weighted by atomic mass is 32.2. The van der Waals surface area contributed by atoms with Gasteiger partial charge in [-0.15, -0.1) is 0 Å². The minimum atomic E-state index is -4.44. The van der Waals surface area contributed by atoms with Crippen molar-refractivity contribution < 1.29 is 22.1 Å². The first-order chi connectivity index (χ1) is 9.90. The molecule has 0 radical (unpaired) electrons. The first kappa shape index (κ1) is 14.6. The summed E-state index contributed by atoms with van der Waals surface area (Å²) in [6.07, 6.45) is 0.368. The van der Waals surface area contributed by atoms with Crippen molar-refractivity contribution in [2.75, 3.05) is 7.11 Å². The van der Waals surface area contributed by atoms with Crippen LogP contribution >= 0.6 is 0 Å². The maximum Gasteiger partial charge on any atom is 0.417 e. The fourth-order valence-electron chi connectivity index (χ4n) is 2.90. The predicted molar refractivity (Wildman–Crippen MR) is 73.3 cm³/mol. The molecule has 0 amide bonds. The summed E-state index contributed by atoms with van der Waals surface area (Å²) in [4.78, 5) is 3.77. The Morgan fingerprint density at radius 3 is 2.76 bits per heavy atom. The molecular formula is C14H14F3NO2S. The van der Waals surface area contributed by atoms with Crippen molar-refractivity contribution in [1.29, 1.82) is 0 Å². The van der Waals surface area contributed by atoms with Gasteiger partial charge in [-0.05, 0) is 30.9 Å². The Bertz CT molecular complexity index is 627. The van der Waals surface area contributed by atoms with Gasteiger partial charge < -0.3 is 4.74 Å². The lowest BCUT2D eigenvalue weighted by atomic mass is 10.00. The third kappa shape index (κ3) is 2.59. The lowest BCUT2D eigenvalue weighted by molar-refractivity contribution is -0.137. The summed E-state index contributed by atoms with van der Waals surface area (Å²) in [5.74, 6) is 0.182. The van der Waals surface area contributed by atoms with Gasteiger partial charge in [-0.2, -0.15) is 13.2 Å². The van der Waals surface area contributed by atoms with Crippen LogP contribution in [0.5, 0.6) is 5.88 Å². The highest BCUT2D eigenvalue weighted by Crippen LogP contribution is 2.41. The molecule has 2 aliphatic rings. The van der Waals surface area contributed by atoms with Crippen LogP contribution in [0.15, 0.2) is 18.3 Å². The predicted octanol–water partition coefficient (Wildman–Crippen LogP) is 3.18. The summed E-state index contributed by atoms with van der Waals surface area (Å²) in [6.45, 7) is 0. The van der Waals surface area contributed by atoms with Crippen LogP contribution in [0.1, 0.15) is 30.4 Å². The summed E-state index contributed by atoms with van der Waals surface area (Å²) in [7, 11) is 0.480. The Morgan fingerprint density at radius 1 is 1.38 bits per heavy atom. The summed E-state index contributed by atoms with van der Waals surface area (Å²) in [5.41, 5.74) is 0.330. The van der Waals surface area contributed by atoms with Crippen molar-refractivity contribution in [3.05, 3.63) is 29.5 Å². The molecule has 1 fully saturated rings. The van der Waals surface area contributed by atoms with E-state index in [1.165, 1.54) is 7.11 Å². The number of methoxy groups -OCH3 is 1. The second-order valence-electron chi connectivity index (χ2n) is 5.24. The summed E-state index contributed by atoms with van der Waals surface area (Å²) in [5, 5.41) is -0.0211. The molecule has 1 aromatic heterocycles. The number of rotatable bonds is 2. The zero-order valence-corrected chi connectivity index (χ0v) is 12.1. The van der Waals surface area contributed by atoms with Crippen LogP contribution in [0.4, 0.5) is 13.2 Å². The molecule has 21 heavy (non-hydrogen) atoms. The van der Waals surface area contributed by atoms with E-state index >= 15 is 0 Å². The fraction of sp³-hybridized carbons (Fsp3) is 0.500. The second-order valence-corrected chi connectivity index (χ2v) is 7.17. The van der Waals surface area contributed by atoms with Crippen molar-refractivity contribution in [3.63, 3.8) is 0 Å². The Kier molecular flexibility index (Phi) is 3.55. The number of hydrogen-bond donors (Lipinski definition) is 0. The van der Waals surface area contributed by atoms with E-state index in [0.29, 0.717) is 12.0 Å². The molecule has 2 aliphatic heterocycles. The number of halogens is 3. The lowest BCUT2D eigenvalue weighted by Crippen LogP contribution is -2.20. The summed E-state index contributed by atoms with van der Waals surface area (Å²) >= 11 is 0. The topological polar surface area (TPSA) is 39.2 Å². The number of ether oxygens (including phenoxy) is 1. The number of allylic oxidation sites excluding steroid dienone is 1. The molecule has 1 saturated heterocycles. The average Bonchev–Trinajstić information content (AvgIpc) is 2.66. The van der Waals surface area contributed by atoms with Gasteiger partial charge >= 0.3 is 6.18 Å². The standard InChI is InChI=1S/C14H14F3NO2S/c1-20-13-12(6-9(7-18-13)14(15,16)17)8-4-10-2-3-11(5-8)21(10)19/h4,6-7,10-11H,2-3,5H2,1H3. The minimum Gasteiger partial charge on any atom is -0.481 e. The van der Waals surface area contributed by atoms with Crippen molar-refractivity contribution in [2.24, 2.45) is 0 Å². The molecule has 114 valence electrons. The molecule has 7 heteroatoms. The van der Waals surface area contributed by atoms with Gasteiger partial charge in [0.25, 0.3) is 0 Å². The number of hydrogen-bond acceptors (Lipinski definition) is 3. The summed E-state index contributed by atoms with van der Waals surface area (Å²) in [6, 6.07) is 1.07. The quantitative estimate of drug-likeness (QED) is 0.841. The van der Waals surface area contributed by atoms with Gasteiger partial charge in [0.15, 0.2) is 0 Å². The molecule has 1 aromatic rings. The molecule has 0 saturated carbocycles. The van der Waals surface area contributed by atoms with Crippen LogP contribution in [0.25, 0.3) is 5.57 Å². The zero-order chi connectivity index (χ0) is 15.2. The molecule has 3 unspecified atom stereocenters. The maximum absolute atomic E-state index is 12.8. The first-order valence-electron chi connectivity index (χ1n) is 6.62. The zero-order valence-electron chi connectivity index (χ0n) is 11.3. The van der Waals surface area contributed by atoms with Gasteiger partial charge in [-0.3, -0.25) is 4.21 Å². The Hall–Kier alpha value is -1.37. The van der Waals surface area contributed by atoms with Gasteiger partial charge in [0.2, 0.25) is 5.88 Å². The molecule has 0 N–H and O–H groups in total. The number of pyridine rings is 1. The smallest absolute Gasteiger partial charge is 0.417 e. The van der Waals surface area contributed by atoms with E-state index in [4.69, 9.17) is 4.74 Å². The molecule has 0 aliphatic carbocycles. The normalized spacial score (nSPS) is 28.4. The van der Waals surface area contributed by atoms with E-state index in [1.54, 1.807) is 0 Å². The monoisotopic (exact) mass is 317 g/mol. The van der Waals surface area contributed by atoms with Crippen LogP contribution in [-0.2, 0) is 17.0 Å². The molecule has 0 aromatic carbocycles. The van der Waals surface area contributed by atoms with Crippen LogP contribution in [0.3, 0.4) is 0 Å². The Labute approximate surface area is 122 Å². The third-order valence-corrected chi connectivity index (χ3v) is 5.98. The largest absolute Gasteiger partial charge is 0.481 e. The number of nitrogens with zero attached hydrogens (tertiary/aromatic N) is 1. The third-order valence-electron chi connectivity index (χ3n) is 3.95. The van der Waals surface area contributed by atoms with E-state index in [0.717, 1.165) is 30.7 Å². The van der Waals surface area contributed by atoms with Crippen LogP contribution in [0, 0.1) is 0 Å². The number of alkyl halides is 3. The first-order valence-corrected chi connectivity index (χ1v) is 7.89. The van der Waals surface area contributed by atoms with Crippen molar-refractivity contribution in [3.8, 4) is 5.88 Å². The van der Waals surface area contributed by atoms with E-state index in [1.807, 2.05) is 6.08 Å². The number of fused-ring (bicyclic) bond motifs is 2. The molecule has 3 rings (SSSR count). The number of aromatic nitrogens is 1. The maximum atomic E-state index is 12.8. The Morgan fingerprint density at radius 2 is 2.14 bits per heavy atom. The highest BCUT2D eigenvalue weighted by Gasteiger charge is 2.38. The second kappa shape index (κ2) is 5.12. The molecule has 0 spiro atoms. The Balaban J connectivity index is 2.05. The van der Waals surface area contributed by atoms with Crippen LogP contribution < -0.4 is 4.74 Å². The van der Waals surface area contributed by atoms with Gasteiger partial charge in [-0.25, -0.2) is 4.98 Å². The molecule has 3 nitrogen and oxygen atoms in total. The molecular weight excluding hydrogens is 303 g/mol. The van der Waals surface area contributed by atoms with E-state index in [2.05, 4.69) is 4.98 Å². The van der Waals surface area contributed by atoms with Gasteiger partial charge in [0.1, 0.15) is 0 Å². The van der Waals surface area contributed by atoms with E-state index in [-0.39, 0.29) is 16.4 Å². The van der Waals surface area contributed by atoms with Gasteiger partial charge in [0.05, 0.1) is 17.9 Å². The van der Waals surface area contributed by atoms with Crippen molar-refractivity contribution in [2.45, 2.75) is 35.9 Å². The van der Waals surface area contributed by atoms with Crippen LogP contribution in [0.2, 0.25) is 0 Å². The van der Waals surface area contributed by atoms with E-state index < -0.39 is 22.5 Å². The fourth-order valence-corrected chi connectivity index (χ4v) is 4.78. The van der Waals surface area contributed by atoms with Crippen LogP contribution in [-0.4, -0.2) is 26.8 Å². The van der Waals surface area contributed by atoms with Crippen molar-refractivity contribution in [1.82, 2.24) is 4.98 Å². The van der Waals surface area contributed by atoms with Gasteiger partial charge in [0, 0.05) is 27.8 Å². The summed E-state index contributed by atoms with van der Waals surface area (Å²) < 4.78 is 55.6. The SMILES string of the molecule is COc1ncc(C(F)(F)F)cc1C1=CC2CCC(C1)S2=O. The minimum absolute atomic E-state index is 0.0363.